The van der Waals surface area contributed by atoms with Gasteiger partial charge in [0.15, 0.2) is 0 Å². The summed E-state index contributed by atoms with van der Waals surface area (Å²) in [5, 5.41) is 2.27. The smallest absolute Gasteiger partial charge is 0.143 e. The second-order valence-corrected chi connectivity index (χ2v) is 20.2. The standard InChI is InChI=1S/C64H42N2OS/c1-63(2)50-20-6-3-15-44(50)46-35-33-41(37-54(46)63)65(40-31-29-39(30-32-40)43-18-13-19-49-48-17-5-11-26-58(48)67-62(43)49)42-34-36-47-45-16-4-7-21-51(45)64(55(47)38-42)52-22-8-9-24-56(52)66-57-25-10-12-27-59(57)68-60-28-14-23-53(64)61(60)66/h3-38H,1-2H3. The average Bonchev–Trinajstić information content (AvgIpc) is 3.99. The van der Waals surface area contributed by atoms with Crippen LogP contribution in [0, 0.1) is 0 Å². The molecule has 1 unspecified atom stereocenters. The molecule has 4 heteroatoms. The molecule has 0 amide bonds. The van der Waals surface area contributed by atoms with E-state index in [0.717, 1.165) is 50.1 Å². The van der Waals surface area contributed by atoms with Gasteiger partial charge in [0, 0.05) is 48.6 Å². The molecular weight excluding hydrogens is 845 g/mol. The Morgan fingerprint density at radius 3 is 1.79 bits per heavy atom. The van der Waals surface area contributed by atoms with E-state index in [0.29, 0.717) is 0 Å². The Bertz CT molecular complexity index is 3950. The van der Waals surface area contributed by atoms with Gasteiger partial charge in [-0.15, -0.1) is 0 Å². The van der Waals surface area contributed by atoms with Gasteiger partial charge in [0.05, 0.1) is 22.5 Å². The van der Waals surface area contributed by atoms with Crippen molar-refractivity contribution in [3.8, 4) is 33.4 Å². The predicted octanol–water partition coefficient (Wildman–Crippen LogP) is 17.6. The minimum atomic E-state index is -0.574. The number of furan rings is 1. The van der Waals surface area contributed by atoms with Gasteiger partial charge < -0.3 is 14.2 Å². The Hall–Kier alpha value is -8.05. The molecule has 0 saturated heterocycles. The lowest BCUT2D eigenvalue weighted by atomic mass is 9.64. The number of benzene rings is 10. The lowest BCUT2D eigenvalue weighted by Crippen LogP contribution is -2.37. The van der Waals surface area contributed by atoms with Gasteiger partial charge >= 0.3 is 0 Å². The van der Waals surface area contributed by atoms with Crippen LogP contribution in [0.5, 0.6) is 0 Å². The van der Waals surface area contributed by atoms with E-state index in [1.807, 2.05) is 17.8 Å². The third-order valence-electron chi connectivity index (χ3n) is 15.5. The highest BCUT2D eigenvalue weighted by molar-refractivity contribution is 7.99. The highest BCUT2D eigenvalue weighted by Gasteiger charge is 2.53. The first kappa shape index (κ1) is 38.1. The molecule has 1 aromatic heterocycles. The van der Waals surface area contributed by atoms with Gasteiger partial charge in [-0.1, -0.05) is 177 Å². The van der Waals surface area contributed by atoms with E-state index in [9.17, 15) is 0 Å². The highest BCUT2D eigenvalue weighted by Crippen LogP contribution is 2.67. The molecule has 1 spiro atoms. The van der Waals surface area contributed by atoms with E-state index < -0.39 is 5.41 Å². The third kappa shape index (κ3) is 4.95. The van der Waals surface area contributed by atoms with Crippen LogP contribution in [0.15, 0.2) is 233 Å². The van der Waals surface area contributed by atoms with Gasteiger partial charge in [-0.05, 0) is 128 Å². The summed E-state index contributed by atoms with van der Waals surface area (Å²) in [5.41, 5.74) is 23.5. The molecule has 2 aliphatic heterocycles. The zero-order valence-corrected chi connectivity index (χ0v) is 38.3. The largest absolute Gasteiger partial charge is 0.455 e. The molecule has 0 bridgehead atoms. The molecule has 0 N–H and O–H groups in total. The molecule has 10 aromatic carbocycles. The van der Waals surface area contributed by atoms with Gasteiger partial charge in [-0.2, -0.15) is 0 Å². The van der Waals surface area contributed by atoms with Gasteiger partial charge in [-0.3, -0.25) is 0 Å². The van der Waals surface area contributed by atoms with E-state index in [2.05, 4.69) is 236 Å². The number of hydrogen-bond acceptors (Lipinski definition) is 4. The highest BCUT2D eigenvalue weighted by atomic mass is 32.2. The van der Waals surface area contributed by atoms with E-state index in [4.69, 9.17) is 4.42 Å². The molecular formula is C64H42N2OS. The van der Waals surface area contributed by atoms with Crippen molar-refractivity contribution in [1.29, 1.82) is 0 Å². The Balaban J connectivity index is 0.962. The number of rotatable bonds is 4. The Morgan fingerprint density at radius 1 is 0.412 bits per heavy atom. The minimum absolute atomic E-state index is 0.160. The molecule has 320 valence electrons. The number of anilines is 6. The van der Waals surface area contributed by atoms with Crippen LogP contribution < -0.4 is 9.80 Å². The van der Waals surface area contributed by atoms with Crippen LogP contribution in [0.1, 0.15) is 47.2 Å². The van der Waals surface area contributed by atoms with Crippen molar-refractivity contribution in [3.05, 3.63) is 252 Å². The Labute approximate surface area is 399 Å². The summed E-state index contributed by atoms with van der Waals surface area (Å²) in [4.78, 5) is 7.56. The normalized spacial score (nSPS) is 16.2. The van der Waals surface area contributed by atoms with Crippen molar-refractivity contribution in [2.24, 2.45) is 0 Å². The van der Waals surface area contributed by atoms with Crippen LogP contribution in [0.2, 0.25) is 0 Å². The van der Waals surface area contributed by atoms with Gasteiger partial charge in [-0.25, -0.2) is 0 Å². The maximum Gasteiger partial charge on any atom is 0.143 e. The van der Waals surface area contributed by atoms with Crippen molar-refractivity contribution in [2.45, 2.75) is 34.5 Å². The van der Waals surface area contributed by atoms with Crippen molar-refractivity contribution >= 4 is 67.8 Å². The van der Waals surface area contributed by atoms with Crippen LogP contribution in [0.3, 0.4) is 0 Å². The number of hydrogen-bond donors (Lipinski definition) is 0. The van der Waals surface area contributed by atoms with Gasteiger partial charge in [0.1, 0.15) is 11.2 Å². The maximum atomic E-state index is 6.54. The number of fused-ring (bicyclic) bond motifs is 17. The first-order chi connectivity index (χ1) is 33.5. The molecule has 2 aliphatic carbocycles. The lowest BCUT2D eigenvalue weighted by Gasteiger charge is -2.47. The summed E-state index contributed by atoms with van der Waals surface area (Å²) in [6, 6.07) is 81.4. The Morgan fingerprint density at radius 2 is 0.971 bits per heavy atom. The summed E-state index contributed by atoms with van der Waals surface area (Å²) in [6.45, 7) is 4.74. The van der Waals surface area contributed by atoms with E-state index in [1.54, 1.807) is 0 Å². The first-order valence-electron chi connectivity index (χ1n) is 23.6. The third-order valence-corrected chi connectivity index (χ3v) is 16.6. The molecule has 3 nitrogen and oxygen atoms in total. The van der Waals surface area contributed by atoms with Crippen LogP contribution >= 0.6 is 11.8 Å². The second kappa shape index (κ2) is 13.8. The lowest BCUT2D eigenvalue weighted by molar-refractivity contribution is 0.660. The maximum absolute atomic E-state index is 6.54. The monoisotopic (exact) mass is 886 g/mol. The summed E-state index contributed by atoms with van der Waals surface area (Å²) in [7, 11) is 0. The SMILES string of the molecule is CC1(C)c2ccccc2-c2ccc(N(c3ccc(-c4cccc5c4oc4ccccc45)cc3)c3ccc4c(c3)C3(c5ccccc5-4)c4ccccc4N4c5ccccc5Sc5cccc3c54)cc21. The summed E-state index contributed by atoms with van der Waals surface area (Å²) >= 11 is 1.88. The topological polar surface area (TPSA) is 19.6 Å². The van der Waals surface area contributed by atoms with E-state index in [1.165, 1.54) is 82.5 Å². The first-order valence-corrected chi connectivity index (χ1v) is 24.4. The van der Waals surface area contributed by atoms with E-state index in [-0.39, 0.29) is 5.41 Å². The fraction of sp³-hybridized carbons (Fsp3) is 0.0625. The molecule has 3 heterocycles. The van der Waals surface area contributed by atoms with Gasteiger partial charge in [0.2, 0.25) is 0 Å². The zero-order valence-electron chi connectivity index (χ0n) is 37.5. The van der Waals surface area contributed by atoms with Crippen LogP contribution in [0.4, 0.5) is 34.1 Å². The average molecular weight is 887 g/mol. The molecule has 0 fully saturated rings. The van der Waals surface area contributed by atoms with Crippen molar-refractivity contribution < 1.29 is 4.42 Å². The second-order valence-electron chi connectivity index (χ2n) is 19.2. The number of nitrogens with zero attached hydrogens (tertiary/aromatic N) is 2. The van der Waals surface area contributed by atoms with Crippen LogP contribution in [0.25, 0.3) is 55.3 Å². The fourth-order valence-electron chi connectivity index (χ4n) is 12.5. The van der Waals surface area contributed by atoms with Crippen molar-refractivity contribution in [2.75, 3.05) is 9.80 Å². The minimum Gasteiger partial charge on any atom is -0.455 e. The fourth-order valence-corrected chi connectivity index (χ4v) is 13.6. The van der Waals surface area contributed by atoms with Crippen molar-refractivity contribution in [3.63, 3.8) is 0 Å². The molecule has 0 radical (unpaired) electrons. The van der Waals surface area contributed by atoms with Crippen molar-refractivity contribution in [1.82, 2.24) is 0 Å². The molecule has 0 saturated carbocycles. The Kier molecular flexibility index (Phi) is 7.71. The molecule has 68 heavy (non-hydrogen) atoms. The number of para-hydroxylation sites is 5. The zero-order chi connectivity index (χ0) is 44.9. The summed E-state index contributed by atoms with van der Waals surface area (Å²) in [6.07, 6.45) is 0. The van der Waals surface area contributed by atoms with E-state index >= 15 is 0 Å². The van der Waals surface area contributed by atoms with Gasteiger partial charge in [0.25, 0.3) is 0 Å². The molecule has 1 atom stereocenters. The molecule has 15 rings (SSSR count). The summed E-state index contributed by atoms with van der Waals surface area (Å²) in [5.74, 6) is 0. The summed E-state index contributed by atoms with van der Waals surface area (Å²) < 4.78 is 6.54. The van der Waals surface area contributed by atoms with Crippen LogP contribution in [-0.4, -0.2) is 0 Å². The molecule has 4 aliphatic rings. The molecule has 11 aromatic rings. The quantitative estimate of drug-likeness (QED) is 0.175. The van der Waals surface area contributed by atoms with Crippen LogP contribution in [-0.2, 0) is 10.8 Å². The predicted molar refractivity (Wildman–Crippen MR) is 281 cm³/mol.